The summed E-state index contributed by atoms with van der Waals surface area (Å²) in [6.45, 7) is 8.12. The molecule has 1 fully saturated rings. The molecule has 0 spiro atoms. The van der Waals surface area contributed by atoms with Gasteiger partial charge in [-0.3, -0.25) is 14.5 Å². The Kier molecular flexibility index (Phi) is 10.3. The third-order valence-corrected chi connectivity index (χ3v) is 7.29. The average Bonchev–Trinajstić information content (AvgIpc) is 3.24. The monoisotopic (exact) mass is 595 g/mol. The number of hydrogen-bond donors (Lipinski definition) is 0. The van der Waals surface area contributed by atoms with Gasteiger partial charge in [0.1, 0.15) is 18.8 Å². The summed E-state index contributed by atoms with van der Waals surface area (Å²) >= 11 is 5.70. The number of ether oxygens (including phenoxy) is 3. The third kappa shape index (κ3) is 6.93. The molecule has 9 heteroatoms. The summed E-state index contributed by atoms with van der Waals surface area (Å²) in [6.07, 6.45) is 4.75. The summed E-state index contributed by atoms with van der Waals surface area (Å²) in [5, 5.41) is 9.67. The van der Waals surface area contributed by atoms with Crippen molar-refractivity contribution in [2.75, 3.05) is 25.2 Å². The molecule has 0 N–H and O–H groups in total. The number of nitrogens with zero attached hydrogens (tertiary/aromatic N) is 3. The second-order valence-corrected chi connectivity index (χ2v) is 9.99. The number of esters is 1. The summed E-state index contributed by atoms with van der Waals surface area (Å²) in [5.74, 6) is 0.0967. The van der Waals surface area contributed by atoms with Crippen molar-refractivity contribution in [1.29, 1.82) is 5.26 Å². The minimum Gasteiger partial charge on any atom is -0.490 e. The topological polar surface area (TPSA) is 92.1 Å². The normalized spacial score (nSPS) is 13.7. The van der Waals surface area contributed by atoms with Gasteiger partial charge in [-0.1, -0.05) is 43.3 Å². The number of benzene rings is 3. The van der Waals surface area contributed by atoms with E-state index in [-0.39, 0.29) is 29.9 Å². The Bertz CT molecular complexity index is 1610. The summed E-state index contributed by atoms with van der Waals surface area (Å²) in [7, 11) is 1.29. The lowest BCUT2D eigenvalue weighted by Gasteiger charge is -2.20. The number of amides is 1. The van der Waals surface area contributed by atoms with Gasteiger partial charge in [0.15, 0.2) is 16.6 Å². The van der Waals surface area contributed by atoms with Crippen LogP contribution < -0.4 is 14.4 Å². The lowest BCUT2D eigenvalue weighted by molar-refractivity contribution is -0.140. The van der Waals surface area contributed by atoms with Crippen LogP contribution in [0.3, 0.4) is 0 Å². The van der Waals surface area contributed by atoms with E-state index in [1.807, 2.05) is 49.4 Å². The van der Waals surface area contributed by atoms with Crippen LogP contribution >= 0.6 is 12.2 Å². The molecule has 3 aromatic rings. The van der Waals surface area contributed by atoms with Crippen LogP contribution in [0.15, 0.2) is 79.0 Å². The van der Waals surface area contributed by atoms with Crippen molar-refractivity contribution >= 4 is 41.0 Å². The number of carbonyl (C=O) groups is 2. The fourth-order valence-corrected chi connectivity index (χ4v) is 5.05. The van der Waals surface area contributed by atoms with Crippen LogP contribution in [-0.4, -0.2) is 42.2 Å². The molecule has 0 saturated carbocycles. The van der Waals surface area contributed by atoms with E-state index in [9.17, 15) is 14.9 Å². The molecule has 1 heterocycles. The first-order valence-corrected chi connectivity index (χ1v) is 14.3. The summed E-state index contributed by atoms with van der Waals surface area (Å²) in [6, 6.07) is 20.7. The van der Waals surface area contributed by atoms with E-state index in [0.717, 1.165) is 23.1 Å². The van der Waals surface area contributed by atoms with E-state index in [2.05, 4.69) is 19.6 Å². The molecule has 0 radical (unpaired) electrons. The number of nitriles is 1. The molecule has 0 bridgehead atoms. The van der Waals surface area contributed by atoms with Gasteiger partial charge in [-0.2, -0.15) is 5.26 Å². The smallest absolute Gasteiger partial charge is 0.325 e. The zero-order valence-electron chi connectivity index (χ0n) is 24.5. The van der Waals surface area contributed by atoms with Crippen LogP contribution in [-0.2, 0) is 33.8 Å². The van der Waals surface area contributed by atoms with Crippen molar-refractivity contribution in [2.24, 2.45) is 0 Å². The van der Waals surface area contributed by atoms with E-state index >= 15 is 0 Å². The highest BCUT2D eigenvalue weighted by Gasteiger charge is 2.40. The third-order valence-electron chi connectivity index (χ3n) is 6.88. The molecule has 3 aromatic carbocycles. The number of rotatable bonds is 12. The number of aryl methyl sites for hydroxylation is 1. The summed E-state index contributed by atoms with van der Waals surface area (Å²) in [4.78, 5) is 29.1. The minimum absolute atomic E-state index is 0.166. The van der Waals surface area contributed by atoms with Crippen molar-refractivity contribution in [1.82, 2.24) is 4.90 Å². The van der Waals surface area contributed by atoms with Gasteiger partial charge in [0.05, 0.1) is 31.0 Å². The van der Waals surface area contributed by atoms with E-state index in [1.54, 1.807) is 30.4 Å². The van der Waals surface area contributed by atoms with Crippen molar-refractivity contribution in [3.8, 4) is 17.6 Å². The highest BCUT2D eigenvalue weighted by atomic mass is 32.1. The first-order chi connectivity index (χ1) is 20.8. The molecule has 0 unspecified atom stereocenters. The fraction of sp³-hybridized carbons (Fsp3) is 0.235. The van der Waals surface area contributed by atoms with Gasteiger partial charge < -0.3 is 19.1 Å². The maximum absolute atomic E-state index is 13.8. The highest BCUT2D eigenvalue weighted by molar-refractivity contribution is 7.80. The molecule has 0 aromatic heterocycles. The summed E-state index contributed by atoms with van der Waals surface area (Å²) < 4.78 is 17.1. The number of hydrogen-bond acceptors (Lipinski definition) is 7. The van der Waals surface area contributed by atoms with Gasteiger partial charge in [-0.05, 0) is 79.5 Å². The first kappa shape index (κ1) is 31.0. The molecule has 0 atom stereocenters. The van der Waals surface area contributed by atoms with Crippen LogP contribution in [0.25, 0.3) is 6.08 Å². The Labute approximate surface area is 257 Å². The van der Waals surface area contributed by atoms with Crippen LogP contribution in [0.4, 0.5) is 5.69 Å². The number of methoxy groups -OCH3 is 1. The molecule has 1 aliphatic heterocycles. The van der Waals surface area contributed by atoms with Crippen LogP contribution in [0.2, 0.25) is 0 Å². The number of allylic oxidation sites excluding steroid dienone is 1. The quantitative estimate of drug-likeness (QED) is 0.109. The van der Waals surface area contributed by atoms with Crippen molar-refractivity contribution in [3.05, 3.63) is 107 Å². The second-order valence-electron chi connectivity index (χ2n) is 9.63. The molecule has 220 valence electrons. The van der Waals surface area contributed by atoms with E-state index in [1.165, 1.54) is 16.9 Å². The Morgan fingerprint density at radius 3 is 2.47 bits per heavy atom. The second kappa shape index (κ2) is 14.3. The van der Waals surface area contributed by atoms with Crippen LogP contribution in [0, 0.1) is 11.3 Å². The van der Waals surface area contributed by atoms with Gasteiger partial charge in [0, 0.05) is 11.1 Å². The van der Waals surface area contributed by atoms with E-state index in [4.69, 9.17) is 26.4 Å². The largest absolute Gasteiger partial charge is 0.490 e. The molecule has 1 amide bonds. The number of anilines is 1. The van der Waals surface area contributed by atoms with Crippen molar-refractivity contribution < 1.29 is 23.8 Å². The van der Waals surface area contributed by atoms with E-state index < -0.39 is 5.97 Å². The Morgan fingerprint density at radius 1 is 1.07 bits per heavy atom. The van der Waals surface area contributed by atoms with E-state index in [0.29, 0.717) is 41.3 Å². The van der Waals surface area contributed by atoms with Gasteiger partial charge >= 0.3 is 5.97 Å². The van der Waals surface area contributed by atoms with Crippen molar-refractivity contribution in [2.45, 2.75) is 33.3 Å². The SMILES string of the molecule is C=CCc1cc(/C=C2/C(=O)N(c3ccc(CC)cc3)C(=S)N2CC(=O)OC)cc(OCC)c1OCc1ccccc1C#N. The first-order valence-electron chi connectivity index (χ1n) is 13.9. The molecule has 0 aliphatic carbocycles. The molecule has 1 saturated heterocycles. The van der Waals surface area contributed by atoms with Crippen molar-refractivity contribution in [3.63, 3.8) is 0 Å². The van der Waals surface area contributed by atoms with Gasteiger partial charge in [-0.25, -0.2) is 0 Å². The molecule has 4 rings (SSSR count). The molecule has 8 nitrogen and oxygen atoms in total. The van der Waals surface area contributed by atoms with Gasteiger partial charge in [0.25, 0.3) is 5.91 Å². The Balaban J connectivity index is 1.77. The lowest BCUT2D eigenvalue weighted by Crippen LogP contribution is -2.35. The maximum Gasteiger partial charge on any atom is 0.325 e. The molecule has 1 aliphatic rings. The maximum atomic E-state index is 13.8. The Hall–Kier alpha value is -4.94. The standard InChI is InChI=1S/C34H33N3O5S/c1-5-10-25-17-24(19-30(41-7-3)32(25)42-22-27-12-9-8-11-26(27)20-35)18-29-33(39)37(28-15-13-23(6-2)14-16-28)34(43)36(29)21-31(38)40-4/h5,8-9,11-19H,1,6-7,10,21-22H2,2-4H3/b29-18-. The molecular weight excluding hydrogens is 562 g/mol. The minimum atomic E-state index is -0.534. The lowest BCUT2D eigenvalue weighted by atomic mass is 10.0. The average molecular weight is 596 g/mol. The van der Waals surface area contributed by atoms with Gasteiger partial charge in [-0.15, -0.1) is 6.58 Å². The van der Waals surface area contributed by atoms with Crippen LogP contribution in [0.1, 0.15) is 41.7 Å². The summed E-state index contributed by atoms with van der Waals surface area (Å²) in [5.41, 5.74) is 4.66. The number of thiocarbonyl (C=S) groups is 1. The molecule has 43 heavy (non-hydrogen) atoms. The zero-order chi connectivity index (χ0) is 30.9. The Morgan fingerprint density at radius 2 is 1.81 bits per heavy atom. The number of carbonyl (C=O) groups excluding carboxylic acids is 2. The molecular formula is C34H33N3O5S. The van der Waals surface area contributed by atoms with Crippen LogP contribution in [0.5, 0.6) is 11.5 Å². The zero-order valence-corrected chi connectivity index (χ0v) is 25.3. The predicted molar refractivity (Wildman–Crippen MR) is 170 cm³/mol. The van der Waals surface area contributed by atoms with Gasteiger partial charge in [0.2, 0.25) is 0 Å². The predicted octanol–water partition coefficient (Wildman–Crippen LogP) is 5.97. The fourth-order valence-electron chi connectivity index (χ4n) is 4.70. The highest BCUT2D eigenvalue weighted by Crippen LogP contribution is 2.37.